The van der Waals surface area contributed by atoms with E-state index >= 15 is 0 Å². The first kappa shape index (κ1) is 23.3. The van der Waals surface area contributed by atoms with E-state index in [9.17, 15) is 9.59 Å². The Labute approximate surface area is 183 Å². The third kappa shape index (κ3) is 6.84. The molecule has 3 N–H and O–H groups in total. The van der Waals surface area contributed by atoms with E-state index in [4.69, 9.17) is 17.0 Å². The summed E-state index contributed by atoms with van der Waals surface area (Å²) in [5.74, 6) is -0.0584. The second kappa shape index (κ2) is 11.9. The average Bonchev–Trinajstić information content (AvgIpc) is 2.74. The van der Waals surface area contributed by atoms with Gasteiger partial charge in [0.15, 0.2) is 5.11 Å². The maximum atomic E-state index is 12.7. The van der Waals surface area contributed by atoms with Crippen LogP contribution >= 0.6 is 12.2 Å². The zero-order valence-electron chi connectivity index (χ0n) is 17.7. The highest BCUT2D eigenvalue weighted by Gasteiger charge is 2.16. The molecule has 2 amide bonds. The van der Waals surface area contributed by atoms with Gasteiger partial charge in [0.2, 0.25) is 0 Å². The second-order valence-electron chi connectivity index (χ2n) is 6.93. The SMILES string of the molecule is CCCCOc1ccccc1C(=O)NC(=S)Nc1ccccc1C(=O)NC(C)CC. The average molecular weight is 428 g/mol. The van der Waals surface area contributed by atoms with E-state index in [0.717, 1.165) is 19.3 Å². The lowest BCUT2D eigenvalue weighted by atomic mass is 10.1. The van der Waals surface area contributed by atoms with Crippen molar-refractivity contribution in [3.05, 3.63) is 59.7 Å². The molecule has 6 nitrogen and oxygen atoms in total. The number of anilines is 1. The first-order chi connectivity index (χ1) is 14.5. The van der Waals surface area contributed by atoms with Gasteiger partial charge in [0.25, 0.3) is 11.8 Å². The third-order valence-corrected chi connectivity index (χ3v) is 4.73. The van der Waals surface area contributed by atoms with Crippen molar-refractivity contribution in [1.29, 1.82) is 0 Å². The minimum absolute atomic E-state index is 0.0569. The number of hydrogen-bond donors (Lipinski definition) is 3. The number of nitrogens with one attached hydrogen (secondary N) is 3. The number of unbranched alkanes of at least 4 members (excludes halogenated alkanes) is 1. The maximum Gasteiger partial charge on any atom is 0.261 e. The Hall–Kier alpha value is -2.93. The number of para-hydroxylation sites is 2. The monoisotopic (exact) mass is 427 g/mol. The standard InChI is InChI=1S/C23H29N3O3S/c1-4-6-15-29-20-14-10-8-12-18(20)22(28)26-23(30)25-19-13-9-7-11-17(19)21(27)24-16(3)5-2/h7-14,16H,4-6,15H2,1-3H3,(H,24,27)(H2,25,26,28,30). The largest absolute Gasteiger partial charge is 0.493 e. The maximum absolute atomic E-state index is 12.7. The van der Waals surface area contributed by atoms with Crippen molar-refractivity contribution in [2.24, 2.45) is 0 Å². The fraction of sp³-hybridized carbons (Fsp3) is 0.348. The van der Waals surface area contributed by atoms with Gasteiger partial charge in [-0.3, -0.25) is 14.9 Å². The first-order valence-corrected chi connectivity index (χ1v) is 10.6. The fourth-order valence-corrected chi connectivity index (χ4v) is 2.83. The molecule has 0 spiro atoms. The smallest absolute Gasteiger partial charge is 0.261 e. The summed E-state index contributed by atoms with van der Waals surface area (Å²) < 4.78 is 5.72. The van der Waals surface area contributed by atoms with Crippen LogP contribution in [-0.4, -0.2) is 29.6 Å². The molecule has 160 valence electrons. The van der Waals surface area contributed by atoms with Crippen LogP contribution in [0, 0.1) is 0 Å². The molecule has 2 aromatic rings. The van der Waals surface area contributed by atoms with Gasteiger partial charge in [-0.2, -0.15) is 0 Å². The van der Waals surface area contributed by atoms with E-state index in [0.29, 0.717) is 29.2 Å². The van der Waals surface area contributed by atoms with Crippen molar-refractivity contribution in [1.82, 2.24) is 10.6 Å². The summed E-state index contributed by atoms with van der Waals surface area (Å²) >= 11 is 5.30. The van der Waals surface area contributed by atoms with Crippen molar-refractivity contribution in [2.45, 2.75) is 46.1 Å². The molecule has 1 unspecified atom stereocenters. The normalized spacial score (nSPS) is 11.3. The highest BCUT2D eigenvalue weighted by molar-refractivity contribution is 7.80. The molecule has 0 aliphatic carbocycles. The number of amides is 2. The molecule has 0 aliphatic heterocycles. The van der Waals surface area contributed by atoms with Crippen molar-refractivity contribution >= 4 is 34.8 Å². The molecule has 1 atom stereocenters. The Balaban J connectivity index is 2.07. The zero-order valence-corrected chi connectivity index (χ0v) is 18.5. The lowest BCUT2D eigenvalue weighted by Crippen LogP contribution is -2.36. The van der Waals surface area contributed by atoms with Crippen LogP contribution in [0.25, 0.3) is 0 Å². The molecule has 0 aliphatic rings. The van der Waals surface area contributed by atoms with Crippen LogP contribution in [0.3, 0.4) is 0 Å². The molecule has 0 radical (unpaired) electrons. The van der Waals surface area contributed by atoms with Crippen LogP contribution < -0.4 is 20.7 Å². The zero-order chi connectivity index (χ0) is 21.9. The minimum Gasteiger partial charge on any atom is -0.493 e. The van der Waals surface area contributed by atoms with Crippen LogP contribution in [-0.2, 0) is 0 Å². The van der Waals surface area contributed by atoms with E-state index in [2.05, 4.69) is 22.9 Å². The number of ether oxygens (including phenoxy) is 1. The van der Waals surface area contributed by atoms with Crippen molar-refractivity contribution < 1.29 is 14.3 Å². The van der Waals surface area contributed by atoms with Gasteiger partial charge in [0.05, 0.1) is 23.4 Å². The molecule has 0 heterocycles. The summed E-state index contributed by atoms with van der Waals surface area (Å²) in [4.78, 5) is 25.2. The molecule has 0 bridgehead atoms. The van der Waals surface area contributed by atoms with E-state index in [-0.39, 0.29) is 23.0 Å². The van der Waals surface area contributed by atoms with Gasteiger partial charge in [0.1, 0.15) is 5.75 Å². The Morgan fingerprint density at radius 3 is 2.37 bits per heavy atom. The molecular weight excluding hydrogens is 398 g/mol. The van der Waals surface area contributed by atoms with Gasteiger partial charge in [-0.1, -0.05) is 44.5 Å². The minimum atomic E-state index is -0.374. The Bertz CT molecular complexity index is 886. The van der Waals surface area contributed by atoms with Gasteiger partial charge in [-0.15, -0.1) is 0 Å². The lowest BCUT2D eigenvalue weighted by Gasteiger charge is -2.16. The predicted molar refractivity (Wildman–Crippen MR) is 124 cm³/mol. The second-order valence-corrected chi connectivity index (χ2v) is 7.34. The molecule has 0 fully saturated rings. The van der Waals surface area contributed by atoms with Crippen molar-refractivity contribution in [3.8, 4) is 5.75 Å². The van der Waals surface area contributed by atoms with Gasteiger partial charge in [-0.25, -0.2) is 0 Å². The van der Waals surface area contributed by atoms with Gasteiger partial charge >= 0.3 is 0 Å². The summed E-state index contributed by atoms with van der Waals surface area (Å²) in [5, 5.41) is 8.65. The number of thiocarbonyl (C=S) groups is 1. The molecule has 0 saturated heterocycles. The van der Waals surface area contributed by atoms with Crippen LogP contribution in [0.1, 0.15) is 60.7 Å². The third-order valence-electron chi connectivity index (χ3n) is 4.52. The van der Waals surface area contributed by atoms with E-state index in [1.54, 1.807) is 42.5 Å². The highest BCUT2D eigenvalue weighted by Crippen LogP contribution is 2.19. The lowest BCUT2D eigenvalue weighted by molar-refractivity contribution is 0.0938. The van der Waals surface area contributed by atoms with Crippen LogP contribution in [0.15, 0.2) is 48.5 Å². The van der Waals surface area contributed by atoms with Crippen molar-refractivity contribution in [3.63, 3.8) is 0 Å². The van der Waals surface area contributed by atoms with E-state index in [1.165, 1.54) is 0 Å². The number of hydrogen-bond acceptors (Lipinski definition) is 4. The molecule has 30 heavy (non-hydrogen) atoms. The number of carbonyl (C=O) groups is 2. The number of rotatable bonds is 9. The summed E-state index contributed by atoms with van der Waals surface area (Å²) in [6, 6.07) is 14.1. The molecule has 0 aromatic heterocycles. The number of carbonyl (C=O) groups excluding carboxylic acids is 2. The first-order valence-electron chi connectivity index (χ1n) is 10.2. The molecular formula is C23H29N3O3S. The van der Waals surface area contributed by atoms with Crippen LogP contribution in [0.2, 0.25) is 0 Å². The summed E-state index contributed by atoms with van der Waals surface area (Å²) in [7, 11) is 0. The quantitative estimate of drug-likeness (QED) is 0.405. The fourth-order valence-electron chi connectivity index (χ4n) is 2.62. The van der Waals surface area contributed by atoms with E-state index < -0.39 is 0 Å². The summed E-state index contributed by atoms with van der Waals surface area (Å²) in [5.41, 5.74) is 1.38. The topological polar surface area (TPSA) is 79.5 Å². The Morgan fingerprint density at radius 2 is 1.67 bits per heavy atom. The van der Waals surface area contributed by atoms with Gasteiger partial charge in [-0.05, 0) is 56.2 Å². The van der Waals surface area contributed by atoms with E-state index in [1.807, 2.05) is 19.9 Å². The van der Waals surface area contributed by atoms with Gasteiger partial charge in [0, 0.05) is 6.04 Å². The molecule has 2 aromatic carbocycles. The molecule has 0 saturated carbocycles. The molecule has 2 rings (SSSR count). The van der Waals surface area contributed by atoms with Crippen LogP contribution in [0.5, 0.6) is 5.75 Å². The van der Waals surface area contributed by atoms with Crippen LogP contribution in [0.4, 0.5) is 5.69 Å². The van der Waals surface area contributed by atoms with Crippen molar-refractivity contribution in [2.75, 3.05) is 11.9 Å². The highest BCUT2D eigenvalue weighted by atomic mass is 32.1. The summed E-state index contributed by atoms with van der Waals surface area (Å²) in [6.07, 6.45) is 2.74. The number of benzene rings is 2. The Kier molecular flexibility index (Phi) is 9.28. The molecule has 7 heteroatoms. The van der Waals surface area contributed by atoms with Gasteiger partial charge < -0.3 is 15.4 Å². The Morgan fingerprint density at radius 1 is 1.00 bits per heavy atom. The predicted octanol–water partition coefficient (Wildman–Crippen LogP) is 4.52. The summed E-state index contributed by atoms with van der Waals surface area (Å²) in [6.45, 7) is 6.57.